The van der Waals surface area contributed by atoms with E-state index in [2.05, 4.69) is 127 Å². The first-order valence-corrected chi connectivity index (χ1v) is 16.7. The fourth-order valence-corrected chi connectivity index (χ4v) is 7.37. The minimum absolute atomic E-state index is 0.613. The summed E-state index contributed by atoms with van der Waals surface area (Å²) in [7, 11) is 0. The highest BCUT2D eigenvalue weighted by Crippen LogP contribution is 2.41. The molecule has 0 bridgehead atoms. The van der Waals surface area contributed by atoms with Gasteiger partial charge in [0.1, 0.15) is 11.2 Å². The Labute approximate surface area is 283 Å². The maximum absolute atomic E-state index is 6.48. The highest BCUT2D eigenvalue weighted by Gasteiger charge is 2.20. The number of hydrogen-bond acceptors (Lipinski definition) is 4. The summed E-state index contributed by atoms with van der Waals surface area (Å²) >= 11 is 0. The van der Waals surface area contributed by atoms with Gasteiger partial charge in [0.05, 0.1) is 0 Å². The summed E-state index contributed by atoms with van der Waals surface area (Å²) in [4.78, 5) is 15.6. The Morgan fingerprint density at radius 2 is 1.12 bits per heavy atom. The normalized spacial score (nSPS) is 12.7. The van der Waals surface area contributed by atoms with Gasteiger partial charge < -0.3 is 4.42 Å². The van der Waals surface area contributed by atoms with E-state index in [0.29, 0.717) is 17.5 Å². The number of rotatable bonds is 4. The molecule has 0 fully saturated rings. The smallest absolute Gasteiger partial charge is 0.164 e. The van der Waals surface area contributed by atoms with Crippen LogP contribution in [0, 0.1) is 0 Å². The zero-order valence-corrected chi connectivity index (χ0v) is 26.6. The summed E-state index contributed by atoms with van der Waals surface area (Å²) in [6.45, 7) is 0. The first-order chi connectivity index (χ1) is 24.3. The molecule has 0 amide bonds. The van der Waals surface area contributed by atoms with Crippen molar-refractivity contribution in [2.24, 2.45) is 0 Å². The van der Waals surface area contributed by atoms with Crippen LogP contribution < -0.4 is 0 Å². The van der Waals surface area contributed by atoms with Crippen LogP contribution in [0.1, 0.15) is 17.5 Å². The van der Waals surface area contributed by atoms with Gasteiger partial charge in [0.25, 0.3) is 0 Å². The Balaban J connectivity index is 1.24. The molecule has 230 valence electrons. The zero-order chi connectivity index (χ0) is 32.3. The standard InChI is InChI=1S/C45H29N3O/c1-2-11-29(12-3-1)36-16-8-18-39-41(36)42-37(17-9-19-40(42)49-39)45-47-43(33-24-20-28-10-4-5-14-32(28)26-33)46-44(48-45)34-25-23-31-22-21-30-13-6-7-15-35(30)38(31)27-34/h1-3,5-9,11-27H,4,10H2. The first-order valence-electron chi connectivity index (χ1n) is 16.7. The number of furan rings is 1. The molecule has 4 nitrogen and oxygen atoms in total. The van der Waals surface area contributed by atoms with E-state index in [1.54, 1.807) is 0 Å². The predicted molar refractivity (Wildman–Crippen MR) is 201 cm³/mol. The minimum atomic E-state index is 0.613. The second kappa shape index (κ2) is 11.1. The summed E-state index contributed by atoms with van der Waals surface area (Å²) in [5.41, 5.74) is 9.28. The third-order valence-corrected chi connectivity index (χ3v) is 9.77. The van der Waals surface area contributed by atoms with Gasteiger partial charge in [-0.2, -0.15) is 0 Å². The van der Waals surface area contributed by atoms with E-state index < -0.39 is 0 Å². The van der Waals surface area contributed by atoms with Gasteiger partial charge in [-0.3, -0.25) is 0 Å². The molecule has 0 saturated heterocycles. The number of aryl methyl sites for hydroxylation is 1. The summed E-state index contributed by atoms with van der Waals surface area (Å²) in [6, 6.07) is 48.8. The molecule has 1 aliphatic rings. The highest BCUT2D eigenvalue weighted by molar-refractivity contribution is 6.17. The van der Waals surface area contributed by atoms with Gasteiger partial charge in [0.15, 0.2) is 17.5 Å². The van der Waals surface area contributed by atoms with Crippen LogP contribution in [0.15, 0.2) is 150 Å². The van der Waals surface area contributed by atoms with Crippen LogP contribution in [0.2, 0.25) is 0 Å². The molecule has 0 saturated carbocycles. The zero-order valence-electron chi connectivity index (χ0n) is 26.6. The van der Waals surface area contributed by atoms with Crippen molar-refractivity contribution in [3.63, 3.8) is 0 Å². The Kier molecular flexibility index (Phi) is 6.28. The quantitative estimate of drug-likeness (QED) is 0.182. The number of fused-ring (bicyclic) bond motifs is 7. The number of benzene rings is 7. The highest BCUT2D eigenvalue weighted by atomic mass is 16.3. The maximum Gasteiger partial charge on any atom is 0.164 e. The molecule has 7 aromatic carbocycles. The fraction of sp³-hybridized carbons (Fsp3) is 0.0444. The third kappa shape index (κ3) is 4.64. The van der Waals surface area contributed by atoms with Crippen LogP contribution in [0.3, 0.4) is 0 Å². The van der Waals surface area contributed by atoms with Crippen molar-refractivity contribution in [2.75, 3.05) is 0 Å². The second-order valence-electron chi connectivity index (χ2n) is 12.7. The SMILES string of the molecule is C1=Cc2cc(-c3nc(-c4ccc5ccc6ccccc6c5c4)nc(-c4cccc5oc6cccc(-c7ccccc7)c6c45)n3)ccc2CC1. The number of hydrogen-bond donors (Lipinski definition) is 0. The van der Waals surface area contributed by atoms with Crippen molar-refractivity contribution in [1.29, 1.82) is 0 Å². The van der Waals surface area contributed by atoms with Crippen LogP contribution in [0.4, 0.5) is 0 Å². The van der Waals surface area contributed by atoms with Gasteiger partial charge in [-0.05, 0) is 80.9 Å². The van der Waals surface area contributed by atoms with Crippen molar-refractivity contribution < 1.29 is 4.42 Å². The summed E-state index contributed by atoms with van der Waals surface area (Å²) in [5, 5.41) is 6.83. The van der Waals surface area contributed by atoms with Crippen LogP contribution >= 0.6 is 0 Å². The number of allylic oxidation sites excluding steroid dienone is 1. The fourth-order valence-electron chi connectivity index (χ4n) is 7.37. The van der Waals surface area contributed by atoms with Gasteiger partial charge in [0.2, 0.25) is 0 Å². The van der Waals surface area contributed by atoms with E-state index in [4.69, 9.17) is 19.4 Å². The molecule has 0 aliphatic heterocycles. The van der Waals surface area contributed by atoms with Gasteiger partial charge in [0, 0.05) is 27.5 Å². The van der Waals surface area contributed by atoms with E-state index in [9.17, 15) is 0 Å². The molecule has 0 atom stereocenters. The lowest BCUT2D eigenvalue weighted by Gasteiger charge is -2.13. The Morgan fingerprint density at radius 3 is 1.96 bits per heavy atom. The van der Waals surface area contributed by atoms with Crippen molar-refractivity contribution in [2.45, 2.75) is 12.8 Å². The lowest BCUT2D eigenvalue weighted by Crippen LogP contribution is -2.01. The van der Waals surface area contributed by atoms with E-state index in [0.717, 1.165) is 62.6 Å². The summed E-state index contributed by atoms with van der Waals surface area (Å²) in [5.74, 6) is 1.89. The minimum Gasteiger partial charge on any atom is -0.456 e. The van der Waals surface area contributed by atoms with Crippen LogP contribution in [0.5, 0.6) is 0 Å². The number of nitrogens with zero attached hydrogens (tertiary/aromatic N) is 3. The van der Waals surface area contributed by atoms with Crippen molar-refractivity contribution in [3.05, 3.63) is 157 Å². The van der Waals surface area contributed by atoms with Crippen LogP contribution in [-0.2, 0) is 6.42 Å². The van der Waals surface area contributed by atoms with E-state index in [1.165, 1.54) is 32.7 Å². The monoisotopic (exact) mass is 627 g/mol. The average Bonchev–Trinajstić information content (AvgIpc) is 3.57. The van der Waals surface area contributed by atoms with Gasteiger partial charge in [-0.25, -0.2) is 15.0 Å². The molecular formula is C45H29N3O. The molecule has 1 aliphatic carbocycles. The van der Waals surface area contributed by atoms with E-state index >= 15 is 0 Å². The van der Waals surface area contributed by atoms with E-state index in [-0.39, 0.29) is 0 Å². The molecule has 0 unspecified atom stereocenters. The summed E-state index contributed by atoms with van der Waals surface area (Å²) < 4.78 is 6.48. The van der Waals surface area contributed by atoms with Crippen molar-refractivity contribution >= 4 is 49.6 Å². The molecule has 10 rings (SSSR count). The molecule has 9 aromatic rings. The van der Waals surface area contributed by atoms with Crippen molar-refractivity contribution in [3.8, 4) is 45.3 Å². The average molecular weight is 628 g/mol. The first kappa shape index (κ1) is 27.7. The molecule has 4 heteroatoms. The molecule has 2 aromatic heterocycles. The summed E-state index contributed by atoms with van der Waals surface area (Å²) in [6.07, 6.45) is 6.56. The lowest BCUT2D eigenvalue weighted by molar-refractivity contribution is 0.669. The number of aromatic nitrogens is 3. The molecule has 49 heavy (non-hydrogen) atoms. The van der Waals surface area contributed by atoms with E-state index in [1.807, 2.05) is 24.3 Å². The molecule has 2 heterocycles. The van der Waals surface area contributed by atoms with Crippen LogP contribution in [0.25, 0.3) is 94.8 Å². The topological polar surface area (TPSA) is 51.8 Å². The molecule has 0 radical (unpaired) electrons. The maximum atomic E-state index is 6.48. The van der Waals surface area contributed by atoms with Crippen LogP contribution in [-0.4, -0.2) is 15.0 Å². The van der Waals surface area contributed by atoms with Gasteiger partial charge in [-0.15, -0.1) is 0 Å². The Morgan fingerprint density at radius 1 is 0.469 bits per heavy atom. The Bertz CT molecular complexity index is 2780. The molecule has 0 N–H and O–H groups in total. The second-order valence-corrected chi connectivity index (χ2v) is 12.7. The molecular weight excluding hydrogens is 599 g/mol. The lowest BCUT2D eigenvalue weighted by atomic mass is 9.95. The largest absolute Gasteiger partial charge is 0.456 e. The third-order valence-electron chi connectivity index (χ3n) is 9.77. The predicted octanol–water partition coefficient (Wildman–Crippen LogP) is 11.7. The molecule has 0 spiro atoms. The van der Waals surface area contributed by atoms with Crippen molar-refractivity contribution in [1.82, 2.24) is 15.0 Å². The Hall–Kier alpha value is -6.39. The van der Waals surface area contributed by atoms with Gasteiger partial charge >= 0.3 is 0 Å². The van der Waals surface area contributed by atoms with Gasteiger partial charge in [-0.1, -0.05) is 127 Å².